The summed E-state index contributed by atoms with van der Waals surface area (Å²) in [5, 5.41) is 1.23. The zero-order valence-corrected chi connectivity index (χ0v) is 13.1. The fourth-order valence-corrected chi connectivity index (χ4v) is 3.06. The summed E-state index contributed by atoms with van der Waals surface area (Å²) in [5.41, 5.74) is 5.78. The van der Waals surface area contributed by atoms with Gasteiger partial charge in [-0.05, 0) is 19.1 Å². The number of hydrogen-bond donors (Lipinski definition) is 2. The number of ether oxygens (including phenoxy) is 2. The molecule has 0 spiro atoms. The van der Waals surface area contributed by atoms with Crippen LogP contribution in [0.3, 0.4) is 0 Å². The maximum Gasteiger partial charge on any atom is 0.238 e. The average Bonchev–Trinajstić information content (AvgIpc) is 2.46. The van der Waals surface area contributed by atoms with Gasteiger partial charge < -0.3 is 20.5 Å². The molecule has 0 saturated heterocycles. The van der Waals surface area contributed by atoms with Gasteiger partial charge in [-0.1, -0.05) is 0 Å². The summed E-state index contributed by atoms with van der Waals surface area (Å²) in [6, 6.07) is 4.29. The molecule has 1 amide bonds. The monoisotopic (exact) mass is 316 g/mol. The highest BCUT2D eigenvalue weighted by Gasteiger charge is 2.31. The Kier molecular flexibility index (Phi) is 5.98. The summed E-state index contributed by atoms with van der Waals surface area (Å²) < 4.78 is 34.7. The van der Waals surface area contributed by atoms with Crippen molar-refractivity contribution in [3.8, 4) is 5.75 Å². The van der Waals surface area contributed by atoms with Crippen LogP contribution in [0.5, 0.6) is 5.75 Å². The highest BCUT2D eigenvalue weighted by Crippen LogP contribution is 2.27. The third kappa shape index (κ3) is 4.08. The van der Waals surface area contributed by atoms with Crippen molar-refractivity contribution in [2.45, 2.75) is 17.1 Å². The van der Waals surface area contributed by atoms with E-state index in [1.165, 1.54) is 33.3 Å². The van der Waals surface area contributed by atoms with E-state index in [-0.39, 0.29) is 17.1 Å². The molecular weight excluding hydrogens is 296 g/mol. The van der Waals surface area contributed by atoms with E-state index < -0.39 is 21.0 Å². The van der Waals surface area contributed by atoms with Gasteiger partial charge in [-0.2, -0.15) is 0 Å². The third-order valence-electron chi connectivity index (χ3n) is 2.97. The number of nitrogens with one attached hydrogen (secondary N) is 1. The molecule has 0 heterocycles. The molecule has 0 aromatic heterocycles. The summed E-state index contributed by atoms with van der Waals surface area (Å²) in [6.07, 6.45) is 0. The van der Waals surface area contributed by atoms with E-state index in [4.69, 9.17) is 15.2 Å². The second-order valence-corrected chi connectivity index (χ2v) is 6.61. The van der Waals surface area contributed by atoms with Gasteiger partial charge in [0, 0.05) is 19.7 Å². The van der Waals surface area contributed by atoms with E-state index in [0.717, 1.165) is 0 Å². The summed E-state index contributed by atoms with van der Waals surface area (Å²) >= 11 is 0. The number of carbonyl (C=O) groups excluding carboxylic acids is 1. The predicted octanol–water partition coefficient (Wildman–Crippen LogP) is 0.202. The molecule has 8 heteroatoms. The Morgan fingerprint density at radius 3 is 2.62 bits per heavy atom. The van der Waals surface area contributed by atoms with Crippen molar-refractivity contribution in [2.75, 3.05) is 33.1 Å². The van der Waals surface area contributed by atoms with Gasteiger partial charge in [0.05, 0.1) is 24.3 Å². The van der Waals surface area contributed by atoms with Gasteiger partial charge >= 0.3 is 0 Å². The summed E-state index contributed by atoms with van der Waals surface area (Å²) in [7, 11) is -0.988. The minimum Gasteiger partial charge on any atom is -0.497 e. The molecule has 1 unspecified atom stereocenters. The van der Waals surface area contributed by atoms with Crippen LogP contribution in [0.1, 0.15) is 6.92 Å². The van der Waals surface area contributed by atoms with E-state index in [1.807, 2.05) is 0 Å². The first-order valence-electron chi connectivity index (χ1n) is 6.28. The average molecular weight is 316 g/mol. The van der Waals surface area contributed by atoms with Crippen LogP contribution in [-0.4, -0.2) is 46.9 Å². The van der Waals surface area contributed by atoms with Crippen molar-refractivity contribution >= 4 is 21.4 Å². The predicted molar refractivity (Wildman–Crippen MR) is 78.9 cm³/mol. The van der Waals surface area contributed by atoms with Crippen LogP contribution in [0, 0.1) is 0 Å². The number of nitrogens with two attached hydrogens (primary N) is 1. The van der Waals surface area contributed by atoms with E-state index >= 15 is 0 Å². The van der Waals surface area contributed by atoms with Crippen LogP contribution in [0.25, 0.3) is 0 Å². The highest BCUT2D eigenvalue weighted by molar-refractivity contribution is 7.93. The molecule has 0 bridgehead atoms. The molecular formula is C13H20N2O5S. The molecule has 0 saturated carbocycles. The molecule has 118 valence electrons. The lowest BCUT2D eigenvalue weighted by atomic mass is 10.3. The second kappa shape index (κ2) is 7.28. The zero-order chi connectivity index (χ0) is 16.0. The number of methoxy groups -OCH3 is 2. The molecule has 1 rings (SSSR count). The topological polar surface area (TPSA) is 108 Å². The Morgan fingerprint density at radius 2 is 2.05 bits per heavy atom. The first kappa shape index (κ1) is 17.3. The lowest BCUT2D eigenvalue weighted by Crippen LogP contribution is -2.39. The lowest BCUT2D eigenvalue weighted by Gasteiger charge is -2.15. The molecule has 0 aliphatic carbocycles. The van der Waals surface area contributed by atoms with Crippen molar-refractivity contribution in [2.24, 2.45) is 0 Å². The number of amides is 1. The molecule has 1 aromatic rings. The van der Waals surface area contributed by atoms with Gasteiger partial charge in [0.1, 0.15) is 11.0 Å². The van der Waals surface area contributed by atoms with Gasteiger partial charge in [-0.25, -0.2) is 8.42 Å². The number of rotatable bonds is 7. The van der Waals surface area contributed by atoms with Crippen molar-refractivity contribution in [3.63, 3.8) is 0 Å². The number of benzene rings is 1. The Labute approximate surface area is 124 Å². The third-order valence-corrected chi connectivity index (χ3v) is 5.08. The number of nitrogen functional groups attached to an aromatic ring is 1. The normalized spacial score (nSPS) is 12.7. The fraction of sp³-hybridized carbons (Fsp3) is 0.462. The smallest absolute Gasteiger partial charge is 0.238 e. The van der Waals surface area contributed by atoms with Crippen LogP contribution in [0.2, 0.25) is 0 Å². The summed E-state index contributed by atoms with van der Waals surface area (Å²) in [4.78, 5) is 11.8. The van der Waals surface area contributed by atoms with Crippen molar-refractivity contribution in [3.05, 3.63) is 18.2 Å². The molecule has 7 nitrogen and oxygen atoms in total. The Balaban J connectivity index is 3.02. The first-order chi connectivity index (χ1) is 9.84. The minimum absolute atomic E-state index is 0.0762. The number of hydrogen-bond acceptors (Lipinski definition) is 6. The summed E-state index contributed by atoms with van der Waals surface area (Å²) in [6.45, 7) is 1.86. The second-order valence-electron chi connectivity index (χ2n) is 4.37. The molecule has 1 atom stereocenters. The molecule has 0 aliphatic heterocycles. The number of carbonyl (C=O) groups is 1. The standard InChI is InChI=1S/C13H20N2O5S/c1-9(13(16)15-6-7-19-2)21(17,18)12-8-10(20-3)4-5-11(12)14/h4-5,8-9H,6-7,14H2,1-3H3,(H,15,16). The van der Waals surface area contributed by atoms with E-state index in [1.54, 1.807) is 6.07 Å². The number of sulfone groups is 1. The summed E-state index contributed by atoms with van der Waals surface area (Å²) in [5.74, 6) is -0.246. The molecule has 1 aromatic carbocycles. The maximum atomic E-state index is 12.5. The fourth-order valence-electron chi connectivity index (χ4n) is 1.64. The van der Waals surface area contributed by atoms with Gasteiger partial charge in [0.15, 0.2) is 9.84 Å². The Hall–Kier alpha value is -1.80. The van der Waals surface area contributed by atoms with Crippen molar-refractivity contribution in [1.82, 2.24) is 5.32 Å². The van der Waals surface area contributed by atoms with E-state index in [9.17, 15) is 13.2 Å². The van der Waals surface area contributed by atoms with Crippen LogP contribution >= 0.6 is 0 Å². The van der Waals surface area contributed by atoms with Crippen LogP contribution in [-0.2, 0) is 19.4 Å². The molecule has 21 heavy (non-hydrogen) atoms. The maximum absolute atomic E-state index is 12.5. The minimum atomic E-state index is -3.90. The van der Waals surface area contributed by atoms with Gasteiger partial charge in [0.25, 0.3) is 0 Å². The van der Waals surface area contributed by atoms with E-state index in [2.05, 4.69) is 5.32 Å². The van der Waals surface area contributed by atoms with Gasteiger partial charge in [-0.15, -0.1) is 0 Å². The highest BCUT2D eigenvalue weighted by atomic mass is 32.2. The Bertz CT molecular complexity index is 601. The van der Waals surface area contributed by atoms with Gasteiger partial charge in [0.2, 0.25) is 5.91 Å². The zero-order valence-electron chi connectivity index (χ0n) is 12.3. The lowest BCUT2D eigenvalue weighted by molar-refractivity contribution is -0.120. The SMILES string of the molecule is COCCNC(=O)C(C)S(=O)(=O)c1cc(OC)ccc1N. The van der Waals surface area contributed by atoms with Crippen LogP contribution in [0.15, 0.2) is 23.1 Å². The molecule has 3 N–H and O–H groups in total. The van der Waals surface area contributed by atoms with Crippen molar-refractivity contribution in [1.29, 1.82) is 0 Å². The molecule has 0 fully saturated rings. The van der Waals surface area contributed by atoms with Crippen molar-refractivity contribution < 1.29 is 22.7 Å². The molecule has 0 aliphatic rings. The van der Waals surface area contributed by atoms with E-state index in [0.29, 0.717) is 12.4 Å². The molecule has 0 radical (unpaired) electrons. The van der Waals surface area contributed by atoms with Crippen LogP contribution < -0.4 is 15.8 Å². The Morgan fingerprint density at radius 1 is 1.38 bits per heavy atom. The largest absolute Gasteiger partial charge is 0.497 e. The van der Waals surface area contributed by atoms with Crippen LogP contribution in [0.4, 0.5) is 5.69 Å². The number of anilines is 1. The van der Waals surface area contributed by atoms with Gasteiger partial charge in [-0.3, -0.25) is 4.79 Å². The quantitative estimate of drug-likeness (QED) is 0.550. The first-order valence-corrected chi connectivity index (χ1v) is 7.83.